The van der Waals surface area contributed by atoms with E-state index in [1.165, 1.54) is 0 Å². The molecule has 1 aromatic rings. The van der Waals surface area contributed by atoms with Crippen molar-refractivity contribution in [1.82, 2.24) is 20.6 Å². The van der Waals surface area contributed by atoms with Crippen molar-refractivity contribution in [3.63, 3.8) is 0 Å². The first-order valence-corrected chi connectivity index (χ1v) is 5.63. The maximum atomic E-state index is 5.92. The molecule has 0 atom stereocenters. The lowest BCUT2D eigenvalue weighted by Gasteiger charge is -2.23. The van der Waals surface area contributed by atoms with Gasteiger partial charge in [-0.05, 0) is 25.9 Å². The summed E-state index contributed by atoms with van der Waals surface area (Å²) < 4.78 is 0. The largest absolute Gasteiger partial charge is 0.317 e. The third-order valence-electron chi connectivity index (χ3n) is 2.62. The van der Waals surface area contributed by atoms with E-state index in [2.05, 4.69) is 20.6 Å². The number of nitrogens with zero attached hydrogens (tertiary/aromatic N) is 2. The molecule has 90 valence electrons. The van der Waals surface area contributed by atoms with Crippen LogP contribution in [-0.4, -0.2) is 29.1 Å². The molecule has 0 unspecified atom stereocenters. The van der Waals surface area contributed by atoms with E-state index in [0.29, 0.717) is 17.7 Å². The standard InChI is InChI=1S/C10H15ClN4.ClH/c11-10-9(13-5-6-14-10)7-15-8-1-3-12-4-2-8;/h5-6,8,12,15H,1-4,7H2;1H. The van der Waals surface area contributed by atoms with Crippen LogP contribution in [0.1, 0.15) is 18.5 Å². The van der Waals surface area contributed by atoms with E-state index in [1.54, 1.807) is 12.4 Å². The number of piperidine rings is 1. The molecule has 2 N–H and O–H groups in total. The summed E-state index contributed by atoms with van der Waals surface area (Å²) >= 11 is 5.92. The van der Waals surface area contributed by atoms with E-state index >= 15 is 0 Å². The summed E-state index contributed by atoms with van der Waals surface area (Å²) in [7, 11) is 0. The van der Waals surface area contributed by atoms with Gasteiger partial charge in [-0.3, -0.25) is 4.98 Å². The Balaban J connectivity index is 0.00000128. The Morgan fingerprint density at radius 2 is 2.00 bits per heavy atom. The van der Waals surface area contributed by atoms with Gasteiger partial charge in [-0.2, -0.15) is 0 Å². The molecule has 1 aliphatic rings. The van der Waals surface area contributed by atoms with E-state index in [0.717, 1.165) is 31.6 Å². The number of rotatable bonds is 3. The van der Waals surface area contributed by atoms with Crippen LogP contribution in [-0.2, 0) is 6.54 Å². The highest BCUT2D eigenvalue weighted by Gasteiger charge is 2.12. The summed E-state index contributed by atoms with van der Waals surface area (Å²) in [5.74, 6) is 0. The van der Waals surface area contributed by atoms with Crippen LogP contribution in [0.2, 0.25) is 5.15 Å². The Morgan fingerprint density at radius 1 is 1.31 bits per heavy atom. The zero-order valence-corrected chi connectivity index (χ0v) is 10.5. The molecule has 0 aliphatic carbocycles. The van der Waals surface area contributed by atoms with Gasteiger partial charge in [0, 0.05) is 25.0 Å². The summed E-state index contributed by atoms with van der Waals surface area (Å²) in [6, 6.07) is 0.573. The molecule has 1 aliphatic heterocycles. The van der Waals surface area contributed by atoms with Crippen molar-refractivity contribution in [2.24, 2.45) is 0 Å². The van der Waals surface area contributed by atoms with Crippen LogP contribution in [0.4, 0.5) is 0 Å². The van der Waals surface area contributed by atoms with E-state index in [4.69, 9.17) is 11.6 Å². The summed E-state index contributed by atoms with van der Waals surface area (Å²) in [6.07, 6.45) is 5.61. The Bertz CT molecular complexity index is 315. The van der Waals surface area contributed by atoms with E-state index in [1.807, 2.05) is 0 Å². The van der Waals surface area contributed by atoms with Crippen molar-refractivity contribution >= 4 is 24.0 Å². The van der Waals surface area contributed by atoms with Crippen LogP contribution in [0.5, 0.6) is 0 Å². The molecular weight excluding hydrogens is 247 g/mol. The second-order valence-electron chi connectivity index (χ2n) is 3.70. The summed E-state index contributed by atoms with van der Waals surface area (Å²) in [5, 5.41) is 7.28. The van der Waals surface area contributed by atoms with Crippen LogP contribution >= 0.6 is 24.0 Å². The molecular formula is C10H16Cl2N4. The van der Waals surface area contributed by atoms with Crippen molar-refractivity contribution in [3.8, 4) is 0 Å². The molecule has 0 amide bonds. The van der Waals surface area contributed by atoms with Crippen molar-refractivity contribution in [2.75, 3.05) is 13.1 Å². The van der Waals surface area contributed by atoms with Crippen LogP contribution < -0.4 is 10.6 Å². The second kappa shape index (κ2) is 7.01. The quantitative estimate of drug-likeness (QED) is 0.865. The summed E-state index contributed by atoms with van der Waals surface area (Å²) in [6.45, 7) is 2.88. The molecule has 2 heterocycles. The molecule has 4 nitrogen and oxygen atoms in total. The highest BCUT2D eigenvalue weighted by atomic mass is 35.5. The fraction of sp³-hybridized carbons (Fsp3) is 0.600. The normalized spacial score (nSPS) is 16.8. The predicted octanol–water partition coefficient (Wildman–Crippen LogP) is 1.39. The molecule has 2 rings (SSSR count). The van der Waals surface area contributed by atoms with Crippen LogP contribution in [0.3, 0.4) is 0 Å². The zero-order valence-electron chi connectivity index (χ0n) is 8.95. The fourth-order valence-electron chi connectivity index (χ4n) is 1.74. The third kappa shape index (κ3) is 3.87. The van der Waals surface area contributed by atoms with Crippen molar-refractivity contribution < 1.29 is 0 Å². The first-order chi connectivity index (χ1) is 7.36. The van der Waals surface area contributed by atoms with Gasteiger partial charge < -0.3 is 10.6 Å². The molecule has 1 saturated heterocycles. The Labute approximate surface area is 107 Å². The fourth-order valence-corrected chi connectivity index (χ4v) is 1.91. The number of aromatic nitrogens is 2. The van der Waals surface area contributed by atoms with Crippen LogP contribution in [0, 0.1) is 0 Å². The maximum Gasteiger partial charge on any atom is 0.151 e. The smallest absolute Gasteiger partial charge is 0.151 e. The second-order valence-corrected chi connectivity index (χ2v) is 4.06. The van der Waals surface area contributed by atoms with Gasteiger partial charge in [-0.15, -0.1) is 12.4 Å². The summed E-state index contributed by atoms with van der Waals surface area (Å²) in [5.41, 5.74) is 0.831. The highest BCUT2D eigenvalue weighted by Crippen LogP contribution is 2.09. The number of hydrogen-bond acceptors (Lipinski definition) is 4. The SMILES string of the molecule is Cl.Clc1nccnc1CNC1CCNCC1. The average Bonchev–Trinajstić information content (AvgIpc) is 2.29. The Hall–Kier alpha value is -0.420. The third-order valence-corrected chi connectivity index (χ3v) is 2.94. The van der Waals surface area contributed by atoms with Gasteiger partial charge in [0.25, 0.3) is 0 Å². The molecule has 0 radical (unpaired) electrons. The van der Waals surface area contributed by atoms with Crippen LogP contribution in [0.15, 0.2) is 12.4 Å². The van der Waals surface area contributed by atoms with E-state index in [-0.39, 0.29) is 12.4 Å². The number of halogens is 2. The van der Waals surface area contributed by atoms with E-state index in [9.17, 15) is 0 Å². The molecule has 0 bridgehead atoms. The van der Waals surface area contributed by atoms with E-state index < -0.39 is 0 Å². The average molecular weight is 263 g/mol. The topological polar surface area (TPSA) is 49.8 Å². The molecule has 0 aromatic carbocycles. The van der Waals surface area contributed by atoms with Gasteiger partial charge >= 0.3 is 0 Å². The van der Waals surface area contributed by atoms with Gasteiger partial charge in [-0.25, -0.2) is 4.98 Å². The highest BCUT2D eigenvalue weighted by molar-refractivity contribution is 6.29. The monoisotopic (exact) mass is 262 g/mol. The predicted molar refractivity (Wildman–Crippen MR) is 67.0 cm³/mol. The van der Waals surface area contributed by atoms with Crippen molar-refractivity contribution in [3.05, 3.63) is 23.2 Å². The minimum absolute atomic E-state index is 0. The first-order valence-electron chi connectivity index (χ1n) is 5.26. The van der Waals surface area contributed by atoms with Gasteiger partial charge in [-0.1, -0.05) is 11.6 Å². The lowest BCUT2D eigenvalue weighted by molar-refractivity contribution is 0.384. The van der Waals surface area contributed by atoms with Gasteiger partial charge in [0.05, 0.1) is 5.69 Å². The minimum Gasteiger partial charge on any atom is -0.317 e. The molecule has 1 fully saturated rings. The Kier molecular flexibility index (Phi) is 5.98. The number of nitrogens with one attached hydrogen (secondary N) is 2. The molecule has 6 heteroatoms. The summed E-state index contributed by atoms with van der Waals surface area (Å²) in [4.78, 5) is 8.18. The maximum absolute atomic E-state index is 5.92. The lowest BCUT2D eigenvalue weighted by Crippen LogP contribution is -2.39. The first kappa shape index (κ1) is 13.6. The van der Waals surface area contributed by atoms with Crippen molar-refractivity contribution in [2.45, 2.75) is 25.4 Å². The van der Waals surface area contributed by atoms with Gasteiger partial charge in [0.2, 0.25) is 0 Å². The Morgan fingerprint density at radius 3 is 2.69 bits per heavy atom. The minimum atomic E-state index is 0. The molecule has 1 aromatic heterocycles. The van der Waals surface area contributed by atoms with Gasteiger partial charge in [0.1, 0.15) is 0 Å². The number of hydrogen-bond donors (Lipinski definition) is 2. The van der Waals surface area contributed by atoms with Crippen molar-refractivity contribution in [1.29, 1.82) is 0 Å². The molecule has 0 spiro atoms. The lowest BCUT2D eigenvalue weighted by atomic mass is 10.1. The zero-order chi connectivity index (χ0) is 10.5. The molecule has 16 heavy (non-hydrogen) atoms. The van der Waals surface area contributed by atoms with Crippen LogP contribution in [0.25, 0.3) is 0 Å². The molecule has 0 saturated carbocycles. The van der Waals surface area contributed by atoms with Gasteiger partial charge in [0.15, 0.2) is 5.15 Å².